The number of carbonyl (C=O) groups excluding carboxylic acids is 1. The molecular weight excluding hydrogens is 271 g/mol. The molecule has 0 atom stereocenters. The van der Waals surface area contributed by atoms with Crippen LogP contribution in [0.3, 0.4) is 0 Å². The zero-order valence-corrected chi connectivity index (χ0v) is 11.6. The van der Waals surface area contributed by atoms with Crippen molar-refractivity contribution in [2.45, 2.75) is 44.1 Å². The summed E-state index contributed by atoms with van der Waals surface area (Å²) in [5, 5.41) is 11.3. The molecule has 1 aromatic rings. The number of benzene rings is 1. The van der Waals surface area contributed by atoms with Crippen molar-refractivity contribution in [1.82, 2.24) is 0 Å². The van der Waals surface area contributed by atoms with E-state index in [1.165, 1.54) is 6.07 Å². The van der Waals surface area contributed by atoms with Gasteiger partial charge in [0.2, 0.25) is 0 Å². The Balaban J connectivity index is 2.31. The zero-order valence-electron chi connectivity index (χ0n) is 10.1. The van der Waals surface area contributed by atoms with Gasteiger partial charge in [0.1, 0.15) is 5.60 Å². The Morgan fingerprint density at radius 2 is 1.72 bits per heavy atom. The molecule has 1 fully saturated rings. The fourth-order valence-electron chi connectivity index (χ4n) is 2.46. The minimum atomic E-state index is -1.27. The van der Waals surface area contributed by atoms with Gasteiger partial charge in [0.15, 0.2) is 5.78 Å². The molecule has 0 heterocycles. The molecule has 1 aromatic carbocycles. The first-order valence-electron chi connectivity index (χ1n) is 6.25. The summed E-state index contributed by atoms with van der Waals surface area (Å²) in [7, 11) is 0. The van der Waals surface area contributed by atoms with Gasteiger partial charge in [0.05, 0.1) is 5.02 Å². The lowest BCUT2D eigenvalue weighted by Gasteiger charge is -2.25. The minimum Gasteiger partial charge on any atom is -0.382 e. The summed E-state index contributed by atoms with van der Waals surface area (Å²) >= 11 is 11.9. The second-order valence-electron chi connectivity index (χ2n) is 4.90. The standard InChI is InChI=1S/C14H16Cl2O2/c15-10-5-6-12(16)11(9-10)13(17)14(18)7-3-1-2-4-8-14/h5-6,9,18H,1-4,7-8H2. The topological polar surface area (TPSA) is 37.3 Å². The van der Waals surface area contributed by atoms with Gasteiger partial charge in [-0.3, -0.25) is 4.79 Å². The van der Waals surface area contributed by atoms with Crippen LogP contribution in [0.1, 0.15) is 48.9 Å². The van der Waals surface area contributed by atoms with E-state index < -0.39 is 5.60 Å². The highest BCUT2D eigenvalue weighted by Crippen LogP contribution is 2.33. The Morgan fingerprint density at radius 1 is 1.11 bits per heavy atom. The van der Waals surface area contributed by atoms with Crippen LogP contribution in [0.2, 0.25) is 10.0 Å². The highest BCUT2D eigenvalue weighted by atomic mass is 35.5. The Hall–Kier alpha value is -0.570. The molecule has 1 saturated carbocycles. The number of hydrogen-bond acceptors (Lipinski definition) is 2. The Morgan fingerprint density at radius 3 is 2.33 bits per heavy atom. The van der Waals surface area contributed by atoms with Gasteiger partial charge >= 0.3 is 0 Å². The smallest absolute Gasteiger partial charge is 0.195 e. The third-order valence-electron chi connectivity index (χ3n) is 3.53. The highest BCUT2D eigenvalue weighted by Gasteiger charge is 2.37. The summed E-state index contributed by atoms with van der Waals surface area (Å²) in [5.41, 5.74) is -0.946. The molecule has 0 saturated heterocycles. The summed E-state index contributed by atoms with van der Waals surface area (Å²) in [6.07, 6.45) is 4.90. The molecule has 4 heteroatoms. The highest BCUT2D eigenvalue weighted by molar-refractivity contribution is 6.36. The van der Waals surface area contributed by atoms with Crippen molar-refractivity contribution >= 4 is 29.0 Å². The van der Waals surface area contributed by atoms with Gasteiger partial charge in [0.25, 0.3) is 0 Å². The molecule has 1 N–H and O–H groups in total. The first-order chi connectivity index (χ1) is 8.53. The quantitative estimate of drug-likeness (QED) is 0.651. The Bertz CT molecular complexity index is 449. The third-order valence-corrected chi connectivity index (χ3v) is 4.09. The number of carbonyl (C=O) groups is 1. The first kappa shape index (κ1) is 13.9. The van der Waals surface area contributed by atoms with E-state index >= 15 is 0 Å². The van der Waals surface area contributed by atoms with Crippen LogP contribution in [0.15, 0.2) is 18.2 Å². The third kappa shape index (κ3) is 2.87. The lowest BCUT2D eigenvalue weighted by Crippen LogP contribution is -2.38. The second kappa shape index (κ2) is 5.60. The summed E-state index contributed by atoms with van der Waals surface area (Å²) in [6.45, 7) is 0. The van der Waals surface area contributed by atoms with Crippen LogP contribution in [0.25, 0.3) is 0 Å². The molecule has 1 aliphatic carbocycles. The van der Waals surface area contributed by atoms with E-state index in [-0.39, 0.29) is 5.78 Å². The van der Waals surface area contributed by atoms with Crippen LogP contribution in [0, 0.1) is 0 Å². The van der Waals surface area contributed by atoms with E-state index in [2.05, 4.69) is 0 Å². The van der Waals surface area contributed by atoms with Gasteiger partial charge in [0, 0.05) is 10.6 Å². The van der Waals surface area contributed by atoms with Gasteiger partial charge in [-0.1, -0.05) is 48.9 Å². The molecule has 0 aliphatic heterocycles. The van der Waals surface area contributed by atoms with Gasteiger partial charge in [-0.05, 0) is 31.0 Å². The zero-order chi connectivity index (χ0) is 13.2. The van der Waals surface area contributed by atoms with Crippen LogP contribution < -0.4 is 0 Å². The Labute approximate surface area is 117 Å². The van der Waals surface area contributed by atoms with Crippen LogP contribution in [0.5, 0.6) is 0 Å². The van der Waals surface area contributed by atoms with Gasteiger partial charge in [-0.2, -0.15) is 0 Å². The van der Waals surface area contributed by atoms with Crippen LogP contribution in [-0.2, 0) is 0 Å². The molecular formula is C14H16Cl2O2. The number of Topliss-reactive ketones (excluding diaryl/α,β-unsaturated/α-hetero) is 1. The number of halogens is 2. The van der Waals surface area contributed by atoms with Gasteiger partial charge in [-0.15, -0.1) is 0 Å². The van der Waals surface area contributed by atoms with Crippen molar-refractivity contribution in [2.75, 3.05) is 0 Å². The van der Waals surface area contributed by atoms with Crippen LogP contribution in [0.4, 0.5) is 0 Å². The predicted octanol–water partition coefficient (Wildman–Crippen LogP) is 4.26. The number of rotatable bonds is 2. The van der Waals surface area contributed by atoms with Crippen LogP contribution in [-0.4, -0.2) is 16.5 Å². The van der Waals surface area contributed by atoms with Crippen molar-refractivity contribution in [2.24, 2.45) is 0 Å². The van der Waals surface area contributed by atoms with Crippen molar-refractivity contribution in [3.05, 3.63) is 33.8 Å². The second-order valence-corrected chi connectivity index (χ2v) is 5.74. The lowest BCUT2D eigenvalue weighted by atomic mass is 9.86. The molecule has 2 nitrogen and oxygen atoms in total. The molecule has 0 radical (unpaired) electrons. The molecule has 0 unspecified atom stereocenters. The van der Waals surface area contributed by atoms with E-state index in [1.54, 1.807) is 12.1 Å². The average molecular weight is 287 g/mol. The number of aliphatic hydroxyl groups is 1. The maximum Gasteiger partial charge on any atom is 0.195 e. The van der Waals surface area contributed by atoms with Gasteiger partial charge < -0.3 is 5.11 Å². The van der Waals surface area contributed by atoms with Crippen molar-refractivity contribution in [3.8, 4) is 0 Å². The summed E-state index contributed by atoms with van der Waals surface area (Å²) in [6, 6.07) is 4.77. The summed E-state index contributed by atoms with van der Waals surface area (Å²) < 4.78 is 0. The largest absolute Gasteiger partial charge is 0.382 e. The molecule has 0 amide bonds. The fourth-order valence-corrected chi connectivity index (χ4v) is 2.84. The molecule has 0 aromatic heterocycles. The number of ketones is 1. The average Bonchev–Trinajstić information content (AvgIpc) is 2.57. The van der Waals surface area contributed by atoms with Gasteiger partial charge in [-0.25, -0.2) is 0 Å². The molecule has 2 rings (SSSR count). The SMILES string of the molecule is O=C(c1cc(Cl)ccc1Cl)C1(O)CCCCCC1. The van der Waals surface area contributed by atoms with E-state index in [0.29, 0.717) is 28.5 Å². The first-order valence-corrected chi connectivity index (χ1v) is 7.01. The van der Waals surface area contributed by atoms with E-state index in [1.807, 2.05) is 0 Å². The van der Waals surface area contributed by atoms with Crippen molar-refractivity contribution in [3.63, 3.8) is 0 Å². The summed E-state index contributed by atoms with van der Waals surface area (Å²) in [5.74, 6) is -0.295. The van der Waals surface area contributed by atoms with E-state index in [9.17, 15) is 9.90 Å². The maximum absolute atomic E-state index is 12.5. The van der Waals surface area contributed by atoms with E-state index in [4.69, 9.17) is 23.2 Å². The molecule has 18 heavy (non-hydrogen) atoms. The van der Waals surface area contributed by atoms with E-state index in [0.717, 1.165) is 25.7 Å². The molecule has 0 spiro atoms. The lowest BCUT2D eigenvalue weighted by molar-refractivity contribution is 0.0238. The van der Waals surface area contributed by atoms with Crippen LogP contribution >= 0.6 is 23.2 Å². The maximum atomic E-state index is 12.5. The number of hydrogen-bond donors (Lipinski definition) is 1. The molecule has 0 bridgehead atoms. The van der Waals surface area contributed by atoms with Crippen molar-refractivity contribution < 1.29 is 9.90 Å². The Kier molecular flexibility index (Phi) is 4.31. The normalized spacial score (nSPS) is 19.3. The van der Waals surface area contributed by atoms with Crippen molar-refractivity contribution in [1.29, 1.82) is 0 Å². The molecule has 98 valence electrons. The summed E-state index contributed by atoms with van der Waals surface area (Å²) in [4.78, 5) is 12.5. The molecule has 1 aliphatic rings. The fraction of sp³-hybridized carbons (Fsp3) is 0.500. The predicted molar refractivity (Wildman–Crippen MR) is 73.4 cm³/mol. The minimum absolute atomic E-state index is 0.295. The monoisotopic (exact) mass is 286 g/mol.